The fraction of sp³-hybridized carbons (Fsp3) is 0.353. The molecule has 2 N–H and O–H groups in total. The molecule has 0 radical (unpaired) electrons. The molecular weight excluding hydrogens is 326 g/mol. The number of benzene rings is 1. The van der Waals surface area contributed by atoms with Crippen molar-refractivity contribution in [1.29, 1.82) is 0 Å². The van der Waals surface area contributed by atoms with E-state index in [4.69, 9.17) is 0 Å². The van der Waals surface area contributed by atoms with Gasteiger partial charge in [0.15, 0.2) is 0 Å². The topological polar surface area (TPSA) is 80.2 Å². The number of rotatable bonds is 7. The van der Waals surface area contributed by atoms with Crippen LogP contribution in [0.25, 0.3) is 0 Å². The molecule has 2 aromatic rings. The Balaban J connectivity index is 1.97. The number of nitrogens with one attached hydrogen (secondary N) is 2. The molecule has 130 valence electrons. The third kappa shape index (κ3) is 4.61. The molecule has 0 atom stereocenters. The van der Waals surface area contributed by atoms with Crippen molar-refractivity contribution in [2.24, 2.45) is 0 Å². The number of carbonyl (C=O) groups is 1. The molecule has 0 unspecified atom stereocenters. The number of sulfonamides is 1. The van der Waals surface area contributed by atoms with Gasteiger partial charge in [0.05, 0.1) is 5.75 Å². The lowest BCUT2D eigenvalue weighted by Crippen LogP contribution is -2.25. The molecule has 7 heteroatoms. The number of hydrogen-bond donors (Lipinski definition) is 2. The van der Waals surface area contributed by atoms with E-state index in [1.807, 2.05) is 30.7 Å². The normalized spacial score (nSPS) is 11.5. The first-order chi connectivity index (χ1) is 11.3. The highest BCUT2D eigenvalue weighted by atomic mass is 32.2. The maximum atomic E-state index is 12.3. The maximum absolute atomic E-state index is 12.3. The Hall–Kier alpha value is -2.28. The van der Waals surface area contributed by atoms with Crippen LogP contribution < -0.4 is 10.0 Å². The van der Waals surface area contributed by atoms with Gasteiger partial charge in [-0.15, -0.1) is 0 Å². The Morgan fingerprint density at radius 3 is 2.42 bits per heavy atom. The lowest BCUT2D eigenvalue weighted by atomic mass is 10.2. The molecule has 24 heavy (non-hydrogen) atoms. The van der Waals surface area contributed by atoms with Crippen molar-refractivity contribution in [2.45, 2.75) is 33.4 Å². The van der Waals surface area contributed by atoms with Crippen LogP contribution in [0, 0.1) is 0 Å². The number of nitrogens with zero attached hydrogens (tertiary/aromatic N) is 1. The molecule has 6 nitrogen and oxygen atoms in total. The van der Waals surface area contributed by atoms with Gasteiger partial charge in [-0.3, -0.25) is 9.52 Å². The summed E-state index contributed by atoms with van der Waals surface area (Å²) >= 11 is 0. The van der Waals surface area contributed by atoms with E-state index >= 15 is 0 Å². The predicted molar refractivity (Wildman–Crippen MR) is 95.5 cm³/mol. The number of amides is 1. The standard InChI is InChI=1S/C17H23N3O3S/c1-4-24(22,23)19-15-9-7-14(8-10-15)12-18-17(21)16-6-5-11-20(16)13(2)3/h5-11,13,19H,4,12H2,1-3H3,(H,18,21). The molecule has 0 aliphatic carbocycles. The summed E-state index contributed by atoms with van der Waals surface area (Å²) in [4.78, 5) is 12.3. The second-order valence-corrected chi connectivity index (χ2v) is 7.79. The average Bonchev–Trinajstić information content (AvgIpc) is 3.03. The van der Waals surface area contributed by atoms with Gasteiger partial charge in [0.2, 0.25) is 10.0 Å². The van der Waals surface area contributed by atoms with E-state index in [-0.39, 0.29) is 17.7 Å². The van der Waals surface area contributed by atoms with Gasteiger partial charge in [0, 0.05) is 24.5 Å². The molecule has 0 saturated heterocycles. The molecule has 0 aliphatic rings. The number of aromatic nitrogens is 1. The third-order valence-electron chi connectivity index (χ3n) is 3.63. The van der Waals surface area contributed by atoms with Crippen LogP contribution in [-0.2, 0) is 16.6 Å². The minimum Gasteiger partial charge on any atom is -0.347 e. The van der Waals surface area contributed by atoms with Gasteiger partial charge in [0.1, 0.15) is 5.69 Å². The van der Waals surface area contributed by atoms with Crippen LogP contribution in [-0.4, -0.2) is 24.6 Å². The second kappa shape index (κ2) is 7.53. The van der Waals surface area contributed by atoms with Gasteiger partial charge >= 0.3 is 0 Å². The third-order valence-corrected chi connectivity index (χ3v) is 4.94. The molecule has 1 heterocycles. The fourth-order valence-electron chi connectivity index (χ4n) is 2.25. The highest BCUT2D eigenvalue weighted by molar-refractivity contribution is 7.92. The molecule has 0 aliphatic heterocycles. The van der Waals surface area contributed by atoms with E-state index in [1.54, 1.807) is 37.3 Å². The molecule has 1 aromatic carbocycles. The van der Waals surface area contributed by atoms with Crippen molar-refractivity contribution in [1.82, 2.24) is 9.88 Å². The van der Waals surface area contributed by atoms with Crippen molar-refractivity contribution in [3.8, 4) is 0 Å². The van der Waals surface area contributed by atoms with E-state index in [9.17, 15) is 13.2 Å². The monoisotopic (exact) mass is 349 g/mol. The van der Waals surface area contributed by atoms with Gasteiger partial charge in [-0.25, -0.2) is 8.42 Å². The van der Waals surface area contributed by atoms with E-state index < -0.39 is 10.0 Å². The van der Waals surface area contributed by atoms with E-state index in [0.717, 1.165) is 5.56 Å². The average molecular weight is 349 g/mol. The Kier molecular flexibility index (Phi) is 5.66. The predicted octanol–water partition coefficient (Wildman–Crippen LogP) is 2.76. The summed E-state index contributed by atoms with van der Waals surface area (Å²) in [7, 11) is -3.28. The largest absolute Gasteiger partial charge is 0.347 e. The van der Waals surface area contributed by atoms with Crippen LogP contribution in [0.3, 0.4) is 0 Å². The van der Waals surface area contributed by atoms with Crippen molar-refractivity contribution in [2.75, 3.05) is 10.5 Å². The molecule has 1 amide bonds. The zero-order valence-electron chi connectivity index (χ0n) is 14.1. The molecular formula is C17H23N3O3S. The smallest absolute Gasteiger partial charge is 0.268 e. The van der Waals surface area contributed by atoms with Crippen LogP contribution in [0.15, 0.2) is 42.6 Å². The summed E-state index contributed by atoms with van der Waals surface area (Å²) < 4.78 is 27.4. The zero-order chi connectivity index (χ0) is 17.7. The van der Waals surface area contributed by atoms with Crippen LogP contribution in [0.4, 0.5) is 5.69 Å². The minimum absolute atomic E-state index is 0.0281. The summed E-state index contributed by atoms with van der Waals surface area (Å²) in [5.41, 5.74) is 2.03. The van der Waals surface area contributed by atoms with E-state index in [1.165, 1.54) is 0 Å². The molecule has 0 spiro atoms. The van der Waals surface area contributed by atoms with E-state index in [2.05, 4.69) is 10.0 Å². The van der Waals surface area contributed by atoms with Crippen LogP contribution in [0.1, 0.15) is 42.9 Å². The quantitative estimate of drug-likeness (QED) is 0.806. The fourth-order valence-corrected chi connectivity index (χ4v) is 2.89. The Labute approximate surface area is 142 Å². The highest BCUT2D eigenvalue weighted by Crippen LogP contribution is 2.13. The van der Waals surface area contributed by atoms with Crippen molar-refractivity contribution in [3.05, 3.63) is 53.9 Å². The summed E-state index contributed by atoms with van der Waals surface area (Å²) in [6.45, 7) is 6.00. The molecule has 0 bridgehead atoms. The van der Waals surface area contributed by atoms with Gasteiger partial charge in [-0.1, -0.05) is 12.1 Å². The molecule has 2 rings (SSSR count). The molecule has 1 aromatic heterocycles. The molecule has 0 saturated carbocycles. The second-order valence-electron chi connectivity index (χ2n) is 5.78. The Morgan fingerprint density at radius 2 is 1.83 bits per heavy atom. The first-order valence-corrected chi connectivity index (χ1v) is 9.52. The minimum atomic E-state index is -3.28. The maximum Gasteiger partial charge on any atom is 0.268 e. The van der Waals surface area contributed by atoms with Crippen LogP contribution in [0.2, 0.25) is 0 Å². The van der Waals surface area contributed by atoms with Crippen molar-refractivity contribution >= 4 is 21.6 Å². The van der Waals surface area contributed by atoms with E-state index in [0.29, 0.717) is 17.9 Å². The van der Waals surface area contributed by atoms with Crippen molar-refractivity contribution in [3.63, 3.8) is 0 Å². The first kappa shape index (κ1) is 18.1. The Bertz CT molecular complexity index is 793. The van der Waals surface area contributed by atoms with Crippen LogP contribution >= 0.6 is 0 Å². The summed E-state index contributed by atoms with van der Waals surface area (Å²) in [6, 6.07) is 10.8. The lowest BCUT2D eigenvalue weighted by Gasteiger charge is -2.13. The summed E-state index contributed by atoms with van der Waals surface area (Å²) in [6.07, 6.45) is 1.88. The first-order valence-electron chi connectivity index (χ1n) is 7.87. The summed E-state index contributed by atoms with van der Waals surface area (Å²) in [5.74, 6) is -0.107. The molecule has 0 fully saturated rings. The van der Waals surface area contributed by atoms with Gasteiger partial charge in [0.25, 0.3) is 5.91 Å². The van der Waals surface area contributed by atoms with Gasteiger partial charge in [-0.2, -0.15) is 0 Å². The lowest BCUT2D eigenvalue weighted by molar-refractivity contribution is 0.0940. The number of anilines is 1. The van der Waals surface area contributed by atoms with Crippen molar-refractivity contribution < 1.29 is 13.2 Å². The SMILES string of the molecule is CCS(=O)(=O)Nc1ccc(CNC(=O)c2cccn2C(C)C)cc1. The summed E-state index contributed by atoms with van der Waals surface area (Å²) in [5, 5.41) is 2.88. The highest BCUT2D eigenvalue weighted by Gasteiger charge is 2.12. The number of hydrogen-bond acceptors (Lipinski definition) is 3. The van der Waals surface area contributed by atoms with Crippen LogP contribution in [0.5, 0.6) is 0 Å². The Morgan fingerprint density at radius 1 is 1.17 bits per heavy atom. The zero-order valence-corrected chi connectivity index (χ0v) is 14.9. The van der Waals surface area contributed by atoms with Gasteiger partial charge in [-0.05, 0) is 50.6 Å². The number of carbonyl (C=O) groups excluding carboxylic acids is 1. The van der Waals surface area contributed by atoms with Gasteiger partial charge < -0.3 is 9.88 Å².